The molecule has 2 N–H and O–H groups in total. The number of aromatic nitrogens is 2. The van der Waals surface area contributed by atoms with Gasteiger partial charge in [-0.1, -0.05) is 25.7 Å². The summed E-state index contributed by atoms with van der Waals surface area (Å²) in [6.45, 7) is 0. The lowest BCUT2D eigenvalue weighted by Crippen LogP contribution is -2.31. The minimum Gasteiger partial charge on any atom is -0.384 e. The minimum atomic E-state index is -0.310. The van der Waals surface area contributed by atoms with Crippen molar-refractivity contribution in [2.45, 2.75) is 62.9 Å². The molecule has 0 amide bonds. The Kier molecular flexibility index (Phi) is 3.44. The van der Waals surface area contributed by atoms with Gasteiger partial charge in [0.05, 0.1) is 0 Å². The number of nitrogen functional groups attached to an aromatic ring is 1. The molecule has 0 atom stereocenters. The normalized spacial score (nSPS) is 23.0. The first-order chi connectivity index (χ1) is 9.23. The average molecular weight is 261 g/mol. The number of nitrogens with zero attached hydrogens (tertiary/aromatic N) is 2. The molecule has 0 aromatic carbocycles. The summed E-state index contributed by atoms with van der Waals surface area (Å²) in [5, 5.41) is 0. The summed E-state index contributed by atoms with van der Waals surface area (Å²) in [6.07, 6.45) is 9.42. The Labute approximate surface area is 114 Å². The van der Waals surface area contributed by atoms with E-state index in [1.54, 1.807) is 7.11 Å². The van der Waals surface area contributed by atoms with Gasteiger partial charge in [0, 0.05) is 24.8 Å². The third-order valence-electron chi connectivity index (χ3n) is 4.47. The summed E-state index contributed by atoms with van der Waals surface area (Å²) in [5.41, 5.74) is 6.78. The van der Waals surface area contributed by atoms with Crippen molar-refractivity contribution < 1.29 is 4.74 Å². The van der Waals surface area contributed by atoms with Gasteiger partial charge in [-0.15, -0.1) is 0 Å². The zero-order valence-corrected chi connectivity index (χ0v) is 11.7. The van der Waals surface area contributed by atoms with Crippen LogP contribution in [0.15, 0.2) is 6.07 Å². The van der Waals surface area contributed by atoms with Crippen molar-refractivity contribution in [3.05, 3.63) is 17.6 Å². The Balaban J connectivity index is 1.97. The van der Waals surface area contributed by atoms with Gasteiger partial charge in [-0.2, -0.15) is 0 Å². The zero-order chi connectivity index (χ0) is 13.3. The summed E-state index contributed by atoms with van der Waals surface area (Å²) < 4.78 is 5.87. The highest BCUT2D eigenvalue weighted by Crippen LogP contribution is 2.42. The fourth-order valence-electron chi connectivity index (χ4n) is 3.10. The maximum atomic E-state index is 5.98. The number of nitrogens with two attached hydrogens (primary N) is 1. The third kappa shape index (κ3) is 2.59. The lowest BCUT2D eigenvalue weighted by atomic mass is 9.93. The van der Waals surface area contributed by atoms with Crippen molar-refractivity contribution in [3.8, 4) is 0 Å². The van der Waals surface area contributed by atoms with Gasteiger partial charge in [0.1, 0.15) is 11.4 Å². The molecule has 2 fully saturated rings. The molecule has 0 aliphatic heterocycles. The molecule has 4 nitrogen and oxygen atoms in total. The lowest BCUT2D eigenvalue weighted by Gasteiger charge is -2.30. The van der Waals surface area contributed by atoms with Gasteiger partial charge in [0.2, 0.25) is 0 Å². The highest BCUT2D eigenvalue weighted by Gasteiger charge is 2.37. The third-order valence-corrected chi connectivity index (χ3v) is 4.47. The van der Waals surface area contributed by atoms with Gasteiger partial charge in [-0.05, 0) is 25.7 Å². The molecule has 2 aliphatic rings. The fourth-order valence-corrected chi connectivity index (χ4v) is 3.10. The first kappa shape index (κ1) is 12.9. The van der Waals surface area contributed by atoms with Crippen molar-refractivity contribution in [3.63, 3.8) is 0 Å². The topological polar surface area (TPSA) is 61.0 Å². The van der Waals surface area contributed by atoms with Crippen LogP contribution in [0.5, 0.6) is 0 Å². The molecule has 0 radical (unpaired) electrons. The molecular weight excluding hydrogens is 238 g/mol. The van der Waals surface area contributed by atoms with Gasteiger partial charge in [0.25, 0.3) is 0 Å². The summed E-state index contributed by atoms with van der Waals surface area (Å²) in [5.74, 6) is 2.01. The van der Waals surface area contributed by atoms with Gasteiger partial charge >= 0.3 is 0 Å². The number of anilines is 1. The molecule has 1 aromatic heterocycles. The molecule has 104 valence electrons. The van der Waals surface area contributed by atoms with E-state index in [0.29, 0.717) is 11.7 Å². The Morgan fingerprint density at radius 2 is 1.84 bits per heavy atom. The first-order valence-electron chi connectivity index (χ1n) is 7.44. The maximum Gasteiger partial charge on any atom is 0.162 e. The predicted molar refractivity (Wildman–Crippen MR) is 74.8 cm³/mol. The number of hydrogen-bond acceptors (Lipinski definition) is 4. The summed E-state index contributed by atoms with van der Waals surface area (Å²) in [7, 11) is 1.79. The highest BCUT2D eigenvalue weighted by atomic mass is 16.5. The van der Waals surface area contributed by atoms with Crippen molar-refractivity contribution in [1.29, 1.82) is 0 Å². The molecule has 0 bridgehead atoms. The molecule has 1 aromatic rings. The van der Waals surface area contributed by atoms with E-state index in [1.165, 1.54) is 38.5 Å². The van der Waals surface area contributed by atoms with Crippen LogP contribution >= 0.6 is 0 Å². The summed E-state index contributed by atoms with van der Waals surface area (Å²) in [4.78, 5) is 9.28. The number of rotatable bonds is 3. The Bertz CT molecular complexity index is 449. The Morgan fingerprint density at radius 1 is 1.16 bits per heavy atom. The van der Waals surface area contributed by atoms with E-state index in [0.717, 1.165) is 24.4 Å². The summed E-state index contributed by atoms with van der Waals surface area (Å²) >= 11 is 0. The molecule has 2 saturated carbocycles. The second kappa shape index (κ2) is 5.08. The van der Waals surface area contributed by atoms with Crippen LogP contribution in [0.1, 0.15) is 68.8 Å². The molecule has 2 aliphatic carbocycles. The van der Waals surface area contributed by atoms with Crippen molar-refractivity contribution in [2.75, 3.05) is 12.8 Å². The van der Waals surface area contributed by atoms with Crippen LogP contribution in [0.4, 0.5) is 5.82 Å². The fraction of sp³-hybridized carbons (Fsp3) is 0.733. The van der Waals surface area contributed by atoms with Crippen LogP contribution in [0.2, 0.25) is 0 Å². The standard InChI is InChI=1S/C15H23N3O/c1-19-15(8-4-2-3-5-9-15)14-17-12(11-6-7-11)10-13(16)18-14/h10-11H,2-9H2,1H3,(H2,16,17,18). The van der Waals surface area contributed by atoms with Crippen LogP contribution in [0.3, 0.4) is 0 Å². The second-order valence-corrected chi connectivity index (χ2v) is 5.93. The highest BCUT2D eigenvalue weighted by molar-refractivity contribution is 5.34. The van der Waals surface area contributed by atoms with Crippen LogP contribution in [0, 0.1) is 0 Å². The predicted octanol–water partition coefficient (Wildman–Crippen LogP) is 3.13. The zero-order valence-electron chi connectivity index (χ0n) is 11.7. The van der Waals surface area contributed by atoms with Gasteiger partial charge < -0.3 is 10.5 Å². The van der Waals surface area contributed by atoms with Crippen LogP contribution < -0.4 is 5.73 Å². The molecule has 3 rings (SSSR count). The van der Waals surface area contributed by atoms with Gasteiger partial charge in [-0.3, -0.25) is 0 Å². The van der Waals surface area contributed by atoms with E-state index in [-0.39, 0.29) is 5.60 Å². The monoisotopic (exact) mass is 261 g/mol. The van der Waals surface area contributed by atoms with Gasteiger partial charge in [-0.25, -0.2) is 9.97 Å². The first-order valence-corrected chi connectivity index (χ1v) is 7.44. The van der Waals surface area contributed by atoms with E-state index < -0.39 is 0 Å². The largest absolute Gasteiger partial charge is 0.384 e. The van der Waals surface area contributed by atoms with E-state index in [4.69, 9.17) is 15.5 Å². The molecular formula is C15H23N3O. The molecule has 4 heteroatoms. The van der Waals surface area contributed by atoms with Gasteiger partial charge in [0.15, 0.2) is 5.82 Å². The molecule has 0 saturated heterocycles. The molecule has 0 unspecified atom stereocenters. The Hall–Kier alpha value is -1.16. The van der Waals surface area contributed by atoms with Crippen molar-refractivity contribution in [2.24, 2.45) is 0 Å². The lowest BCUT2D eigenvalue weighted by molar-refractivity contribution is -0.0352. The number of ether oxygens (including phenoxy) is 1. The molecule has 19 heavy (non-hydrogen) atoms. The van der Waals surface area contributed by atoms with E-state index >= 15 is 0 Å². The van der Waals surface area contributed by atoms with E-state index in [2.05, 4.69) is 4.98 Å². The Morgan fingerprint density at radius 3 is 2.42 bits per heavy atom. The van der Waals surface area contributed by atoms with Crippen LogP contribution in [-0.4, -0.2) is 17.1 Å². The van der Waals surface area contributed by atoms with Crippen LogP contribution in [-0.2, 0) is 10.3 Å². The SMILES string of the molecule is COC1(c2nc(N)cc(C3CC3)n2)CCCCCC1. The second-order valence-electron chi connectivity index (χ2n) is 5.93. The van der Waals surface area contributed by atoms with Crippen LogP contribution in [0.25, 0.3) is 0 Å². The van der Waals surface area contributed by atoms with Crippen molar-refractivity contribution >= 4 is 5.82 Å². The number of hydrogen-bond donors (Lipinski definition) is 1. The molecule has 1 heterocycles. The quantitative estimate of drug-likeness (QED) is 0.849. The smallest absolute Gasteiger partial charge is 0.162 e. The average Bonchev–Trinajstić information content (AvgIpc) is 3.25. The maximum absolute atomic E-state index is 5.98. The van der Waals surface area contributed by atoms with E-state index in [1.807, 2.05) is 6.07 Å². The minimum absolute atomic E-state index is 0.310. The molecule has 0 spiro atoms. The number of methoxy groups -OCH3 is 1. The van der Waals surface area contributed by atoms with E-state index in [9.17, 15) is 0 Å². The summed E-state index contributed by atoms with van der Waals surface area (Å²) in [6, 6.07) is 1.93. The van der Waals surface area contributed by atoms with Crippen molar-refractivity contribution in [1.82, 2.24) is 9.97 Å².